The molecule has 0 aliphatic heterocycles. The molecular formula is C12H14N2O2. The molecule has 16 heavy (non-hydrogen) atoms. The Morgan fingerprint density at radius 2 is 2.25 bits per heavy atom. The molecular weight excluding hydrogens is 204 g/mol. The van der Waals surface area contributed by atoms with Crippen LogP contribution in [0.3, 0.4) is 0 Å². The number of fused-ring (bicyclic) bond motifs is 1. The van der Waals surface area contributed by atoms with Gasteiger partial charge >= 0.3 is 0 Å². The van der Waals surface area contributed by atoms with Crippen molar-refractivity contribution in [3.05, 3.63) is 35.6 Å². The van der Waals surface area contributed by atoms with E-state index in [-0.39, 0.29) is 5.91 Å². The van der Waals surface area contributed by atoms with Gasteiger partial charge in [-0.2, -0.15) is 0 Å². The normalized spacial score (nSPS) is 10.6. The molecule has 0 saturated carbocycles. The van der Waals surface area contributed by atoms with Gasteiger partial charge in [0, 0.05) is 18.5 Å². The number of benzene rings is 1. The van der Waals surface area contributed by atoms with E-state index in [2.05, 4.69) is 5.32 Å². The first-order valence-corrected chi connectivity index (χ1v) is 5.19. The number of carbonyl (C=O) groups is 1. The second kappa shape index (κ2) is 4.37. The van der Waals surface area contributed by atoms with Crippen LogP contribution in [0.4, 0.5) is 0 Å². The molecule has 2 aromatic rings. The monoisotopic (exact) mass is 218 g/mol. The Labute approximate surface area is 93.4 Å². The average molecular weight is 218 g/mol. The molecule has 0 spiro atoms. The summed E-state index contributed by atoms with van der Waals surface area (Å²) in [5.41, 5.74) is 7.17. The average Bonchev–Trinajstić information content (AvgIpc) is 2.68. The van der Waals surface area contributed by atoms with Crippen molar-refractivity contribution in [1.82, 2.24) is 5.32 Å². The van der Waals surface area contributed by atoms with Crippen LogP contribution >= 0.6 is 0 Å². The number of hydrogen-bond donors (Lipinski definition) is 2. The molecule has 1 aromatic heterocycles. The van der Waals surface area contributed by atoms with Gasteiger partial charge in [-0.15, -0.1) is 0 Å². The minimum absolute atomic E-state index is 0.223. The lowest BCUT2D eigenvalue weighted by Crippen LogP contribution is -2.28. The van der Waals surface area contributed by atoms with Crippen molar-refractivity contribution >= 4 is 16.9 Å². The summed E-state index contributed by atoms with van der Waals surface area (Å²) >= 11 is 0. The summed E-state index contributed by atoms with van der Waals surface area (Å²) in [4.78, 5) is 11.6. The summed E-state index contributed by atoms with van der Waals surface area (Å²) in [7, 11) is 0. The zero-order chi connectivity index (χ0) is 11.5. The molecule has 84 valence electrons. The van der Waals surface area contributed by atoms with Gasteiger partial charge in [-0.25, -0.2) is 0 Å². The summed E-state index contributed by atoms with van der Waals surface area (Å²) in [5.74, 6) is 0.105. The van der Waals surface area contributed by atoms with Gasteiger partial charge in [-0.05, 0) is 25.1 Å². The number of amides is 1. The van der Waals surface area contributed by atoms with Gasteiger partial charge in [0.25, 0.3) is 5.91 Å². The van der Waals surface area contributed by atoms with Crippen LogP contribution in [0.15, 0.2) is 28.7 Å². The second-order valence-electron chi connectivity index (χ2n) is 3.70. The quantitative estimate of drug-likeness (QED) is 0.818. The lowest BCUT2D eigenvalue weighted by atomic mass is 10.2. The lowest BCUT2D eigenvalue weighted by Gasteiger charge is -1.98. The Hall–Kier alpha value is -1.81. The van der Waals surface area contributed by atoms with Crippen molar-refractivity contribution in [2.45, 2.75) is 6.92 Å². The summed E-state index contributed by atoms with van der Waals surface area (Å²) in [6.07, 6.45) is 0. The largest absolute Gasteiger partial charge is 0.451 e. The zero-order valence-corrected chi connectivity index (χ0v) is 9.12. The molecule has 3 N–H and O–H groups in total. The van der Waals surface area contributed by atoms with Crippen LogP contribution < -0.4 is 11.1 Å². The number of nitrogens with two attached hydrogens (primary N) is 1. The first kappa shape index (κ1) is 10.7. The second-order valence-corrected chi connectivity index (χ2v) is 3.70. The number of carbonyl (C=O) groups excluding carboxylic acids is 1. The van der Waals surface area contributed by atoms with Crippen molar-refractivity contribution in [2.75, 3.05) is 13.1 Å². The van der Waals surface area contributed by atoms with E-state index in [1.54, 1.807) is 6.07 Å². The zero-order valence-electron chi connectivity index (χ0n) is 9.12. The molecule has 4 heteroatoms. The maximum atomic E-state index is 11.6. The lowest BCUT2D eigenvalue weighted by molar-refractivity contribution is 0.0929. The fourth-order valence-corrected chi connectivity index (χ4v) is 1.55. The highest BCUT2D eigenvalue weighted by atomic mass is 16.3. The summed E-state index contributed by atoms with van der Waals surface area (Å²) < 4.78 is 5.43. The van der Waals surface area contributed by atoms with E-state index >= 15 is 0 Å². The fourth-order valence-electron chi connectivity index (χ4n) is 1.55. The van der Waals surface area contributed by atoms with Gasteiger partial charge in [0.15, 0.2) is 5.76 Å². The topological polar surface area (TPSA) is 68.3 Å². The number of nitrogens with one attached hydrogen (secondary N) is 1. The molecule has 0 saturated heterocycles. The van der Waals surface area contributed by atoms with Crippen molar-refractivity contribution in [3.63, 3.8) is 0 Å². The summed E-state index contributed by atoms with van der Waals surface area (Å²) in [5, 5.41) is 3.61. The summed E-state index contributed by atoms with van der Waals surface area (Å²) in [6.45, 7) is 2.88. The fraction of sp³-hybridized carbons (Fsp3) is 0.250. The van der Waals surface area contributed by atoms with E-state index in [1.165, 1.54) is 0 Å². The Morgan fingerprint density at radius 3 is 3.00 bits per heavy atom. The molecule has 4 nitrogen and oxygen atoms in total. The van der Waals surface area contributed by atoms with Gasteiger partial charge in [0.05, 0.1) is 0 Å². The Kier molecular flexibility index (Phi) is 2.92. The third kappa shape index (κ3) is 2.06. The molecule has 1 aromatic carbocycles. The number of aryl methyl sites for hydroxylation is 1. The first-order valence-electron chi connectivity index (χ1n) is 5.19. The highest BCUT2D eigenvalue weighted by Gasteiger charge is 2.11. The summed E-state index contributed by atoms with van der Waals surface area (Å²) in [6, 6.07) is 7.55. The molecule has 0 aliphatic carbocycles. The molecule has 0 bridgehead atoms. The van der Waals surface area contributed by atoms with Crippen LogP contribution in [0.2, 0.25) is 0 Å². The van der Waals surface area contributed by atoms with Crippen molar-refractivity contribution in [3.8, 4) is 0 Å². The molecule has 1 amide bonds. The van der Waals surface area contributed by atoms with Gasteiger partial charge < -0.3 is 15.5 Å². The minimum Gasteiger partial charge on any atom is -0.451 e. The Morgan fingerprint density at radius 1 is 1.44 bits per heavy atom. The van der Waals surface area contributed by atoms with E-state index in [4.69, 9.17) is 10.2 Å². The van der Waals surface area contributed by atoms with E-state index in [0.29, 0.717) is 18.8 Å². The Balaban J connectivity index is 2.28. The first-order chi connectivity index (χ1) is 7.70. The van der Waals surface area contributed by atoms with E-state index < -0.39 is 0 Å². The maximum Gasteiger partial charge on any atom is 0.287 e. The highest BCUT2D eigenvalue weighted by Crippen LogP contribution is 2.20. The predicted octanol–water partition coefficient (Wildman–Crippen LogP) is 1.43. The smallest absolute Gasteiger partial charge is 0.287 e. The van der Waals surface area contributed by atoms with E-state index in [0.717, 1.165) is 16.5 Å². The number of furan rings is 1. The molecule has 0 radical (unpaired) electrons. The van der Waals surface area contributed by atoms with Crippen molar-refractivity contribution in [1.29, 1.82) is 0 Å². The SMILES string of the molecule is Cc1ccc2oc(C(=O)NCCN)cc2c1. The predicted molar refractivity (Wildman–Crippen MR) is 62.3 cm³/mol. The number of hydrogen-bond acceptors (Lipinski definition) is 3. The van der Waals surface area contributed by atoms with Gasteiger partial charge in [0.2, 0.25) is 0 Å². The number of rotatable bonds is 3. The molecule has 0 fully saturated rings. The van der Waals surface area contributed by atoms with Gasteiger partial charge in [-0.1, -0.05) is 11.6 Å². The van der Waals surface area contributed by atoms with Gasteiger partial charge in [0.1, 0.15) is 5.58 Å². The third-order valence-electron chi connectivity index (χ3n) is 2.33. The van der Waals surface area contributed by atoms with E-state index in [1.807, 2.05) is 25.1 Å². The molecule has 0 aliphatic rings. The van der Waals surface area contributed by atoms with E-state index in [9.17, 15) is 4.79 Å². The maximum absolute atomic E-state index is 11.6. The molecule has 1 heterocycles. The third-order valence-corrected chi connectivity index (χ3v) is 2.33. The highest BCUT2D eigenvalue weighted by molar-refractivity contribution is 5.96. The molecule has 0 atom stereocenters. The van der Waals surface area contributed by atoms with Crippen LogP contribution in [0.25, 0.3) is 11.0 Å². The van der Waals surface area contributed by atoms with Crippen LogP contribution in [0, 0.1) is 6.92 Å². The minimum atomic E-state index is -0.223. The molecule has 2 rings (SSSR count). The van der Waals surface area contributed by atoms with Crippen LogP contribution in [-0.2, 0) is 0 Å². The van der Waals surface area contributed by atoms with Crippen LogP contribution in [0.5, 0.6) is 0 Å². The van der Waals surface area contributed by atoms with Crippen molar-refractivity contribution < 1.29 is 9.21 Å². The van der Waals surface area contributed by atoms with Gasteiger partial charge in [-0.3, -0.25) is 4.79 Å². The van der Waals surface area contributed by atoms with Crippen molar-refractivity contribution in [2.24, 2.45) is 5.73 Å². The van der Waals surface area contributed by atoms with Crippen LogP contribution in [0.1, 0.15) is 16.1 Å². The van der Waals surface area contributed by atoms with Crippen LogP contribution in [-0.4, -0.2) is 19.0 Å². The standard InChI is InChI=1S/C12H14N2O2/c1-8-2-3-10-9(6-8)7-11(16-10)12(15)14-5-4-13/h2-3,6-7H,4-5,13H2,1H3,(H,14,15). The molecule has 0 unspecified atom stereocenters. The Bertz CT molecular complexity index is 517.